The molecule has 18 nitrogen and oxygen atoms in total. The predicted molar refractivity (Wildman–Crippen MR) is 122 cm³/mol. The molecular formula is C16H28N3O15P3. The van der Waals surface area contributed by atoms with E-state index in [1.54, 1.807) is 0 Å². The van der Waals surface area contributed by atoms with Gasteiger partial charge in [0.25, 0.3) is 0 Å². The minimum absolute atomic E-state index is 0.0139. The quantitative estimate of drug-likeness (QED) is 0.117. The molecule has 1 aliphatic heterocycles. The van der Waals surface area contributed by atoms with Crippen LogP contribution in [0.3, 0.4) is 0 Å². The van der Waals surface area contributed by atoms with E-state index in [1.807, 2.05) is 6.92 Å². The number of ether oxygens (including phenoxy) is 1. The van der Waals surface area contributed by atoms with Crippen molar-refractivity contribution in [1.29, 1.82) is 0 Å². The molecule has 7 N–H and O–H groups in total. The fraction of sp³-hybridized carbons (Fsp3) is 0.688. The lowest BCUT2D eigenvalue weighted by Gasteiger charge is -2.19. The summed E-state index contributed by atoms with van der Waals surface area (Å²) < 4.78 is 51.6. The molecule has 1 aromatic heterocycles. The van der Waals surface area contributed by atoms with Crippen molar-refractivity contribution >= 4 is 35.2 Å². The van der Waals surface area contributed by atoms with Crippen molar-refractivity contribution in [3.63, 3.8) is 0 Å². The Morgan fingerprint density at radius 1 is 1.11 bits per heavy atom. The highest BCUT2D eigenvalue weighted by Gasteiger charge is 2.47. The number of unbranched alkanes of at least 4 members (excludes halogenated alkanes) is 2. The van der Waals surface area contributed by atoms with Crippen LogP contribution >= 0.6 is 23.5 Å². The van der Waals surface area contributed by atoms with Crippen molar-refractivity contribution in [2.75, 3.05) is 11.9 Å². The maximum absolute atomic E-state index is 12.5. The molecule has 0 aromatic carbocycles. The van der Waals surface area contributed by atoms with E-state index in [9.17, 15) is 38.4 Å². The first kappa shape index (κ1) is 31.9. The van der Waals surface area contributed by atoms with Crippen LogP contribution in [0.25, 0.3) is 0 Å². The summed E-state index contributed by atoms with van der Waals surface area (Å²) in [5.74, 6) is -0.361. The van der Waals surface area contributed by atoms with Crippen LogP contribution in [0.4, 0.5) is 5.82 Å². The molecule has 0 aliphatic carbocycles. The average Bonchev–Trinajstić information content (AvgIpc) is 3.00. The molecule has 0 radical (unpaired) electrons. The van der Waals surface area contributed by atoms with Gasteiger partial charge in [0.15, 0.2) is 6.23 Å². The number of aromatic nitrogens is 2. The second kappa shape index (κ2) is 12.7. The number of hydrogen-bond acceptors (Lipinski definition) is 12. The molecule has 6 atom stereocenters. The molecule has 0 bridgehead atoms. The molecule has 2 heterocycles. The Kier molecular flexibility index (Phi) is 10.9. The van der Waals surface area contributed by atoms with E-state index in [4.69, 9.17) is 19.4 Å². The number of phosphoric ester groups is 1. The summed E-state index contributed by atoms with van der Waals surface area (Å²) in [6.07, 6.45) is -2.88. The van der Waals surface area contributed by atoms with Crippen LogP contribution in [-0.2, 0) is 36.4 Å². The fourth-order valence-corrected chi connectivity index (χ4v) is 6.20. The monoisotopic (exact) mass is 595 g/mol. The number of hydrogen-bond donors (Lipinski definition) is 7. The number of carbonyl (C=O) groups is 1. The number of phosphoric acid groups is 3. The number of aryl methyl sites for hydroxylation is 1. The summed E-state index contributed by atoms with van der Waals surface area (Å²) in [4.78, 5) is 64.1. The fourth-order valence-electron chi connectivity index (χ4n) is 3.17. The number of nitrogens with zero attached hydrogens (tertiary/aromatic N) is 2. The summed E-state index contributed by atoms with van der Waals surface area (Å²) in [6, 6.07) is 0. The van der Waals surface area contributed by atoms with E-state index in [2.05, 4.69) is 23.4 Å². The standard InChI is InChI=1S/C16H28N3O15P3/c1-3-4-5-6-11(20)17-14-9(2)7-19(16(23)18-14)15-13(22)12(21)10(32-15)8-31-36(27,28)34-37(29,30)33-35(24,25)26/h7,10,12-13,15,21-22H,3-6,8H2,1-2H3,(H,27,28)(H,29,30)(H2,24,25,26)(H,17,18,20,23)/t10-,12-,13-,15-/m1/s1. The van der Waals surface area contributed by atoms with Crippen molar-refractivity contribution in [3.8, 4) is 0 Å². The molecule has 1 aromatic rings. The second-order valence-electron chi connectivity index (χ2n) is 7.90. The Morgan fingerprint density at radius 2 is 1.76 bits per heavy atom. The summed E-state index contributed by atoms with van der Waals surface area (Å²) in [5.41, 5.74) is -0.662. The number of aliphatic hydroxyl groups excluding tert-OH is 2. The predicted octanol–water partition coefficient (Wildman–Crippen LogP) is 0.0330. The van der Waals surface area contributed by atoms with Crippen molar-refractivity contribution in [1.82, 2.24) is 9.55 Å². The molecule has 0 saturated carbocycles. The largest absolute Gasteiger partial charge is 0.490 e. The van der Waals surface area contributed by atoms with Gasteiger partial charge >= 0.3 is 29.2 Å². The molecule has 1 fully saturated rings. The molecule has 1 amide bonds. The van der Waals surface area contributed by atoms with E-state index in [0.717, 1.165) is 17.4 Å². The van der Waals surface area contributed by atoms with Gasteiger partial charge in [-0.2, -0.15) is 13.6 Å². The van der Waals surface area contributed by atoms with Crippen LogP contribution in [0.2, 0.25) is 0 Å². The van der Waals surface area contributed by atoms with Gasteiger partial charge in [-0.3, -0.25) is 13.9 Å². The van der Waals surface area contributed by atoms with Crippen LogP contribution < -0.4 is 11.0 Å². The van der Waals surface area contributed by atoms with Crippen molar-refractivity contribution < 1.29 is 66.2 Å². The lowest BCUT2D eigenvalue weighted by molar-refractivity contribution is -0.116. The lowest BCUT2D eigenvalue weighted by atomic mass is 10.1. The smallest absolute Gasteiger partial charge is 0.387 e. The number of aliphatic hydroxyl groups is 2. The molecular weight excluding hydrogens is 567 g/mol. The maximum atomic E-state index is 12.5. The molecule has 212 valence electrons. The Labute approximate surface area is 209 Å². The van der Waals surface area contributed by atoms with Crippen LogP contribution in [0.5, 0.6) is 0 Å². The summed E-state index contributed by atoms with van der Waals surface area (Å²) in [5, 5.41) is 23.1. The summed E-state index contributed by atoms with van der Waals surface area (Å²) in [6.45, 7) is 2.44. The third-order valence-electron chi connectivity index (χ3n) is 4.83. The van der Waals surface area contributed by atoms with Crippen molar-refractivity contribution in [2.45, 2.75) is 64.1 Å². The SMILES string of the molecule is CCCCCC(=O)Nc1nc(=O)n([C@@H]2O[C@H](COP(=O)(O)OP(=O)(O)OP(=O)(O)O)[C@@H](O)[C@H]2O)cc1C. The highest BCUT2D eigenvalue weighted by Crippen LogP contribution is 2.66. The van der Waals surface area contributed by atoms with Crippen molar-refractivity contribution in [2.24, 2.45) is 0 Å². The normalized spacial score (nSPS) is 25.4. The van der Waals surface area contributed by atoms with Crippen LogP contribution in [0.15, 0.2) is 11.0 Å². The Morgan fingerprint density at radius 3 is 2.35 bits per heavy atom. The van der Waals surface area contributed by atoms with E-state index in [-0.39, 0.29) is 18.1 Å². The minimum Gasteiger partial charge on any atom is -0.387 e. The van der Waals surface area contributed by atoms with Gasteiger partial charge in [0, 0.05) is 18.2 Å². The van der Waals surface area contributed by atoms with Crippen LogP contribution in [0, 0.1) is 6.92 Å². The summed E-state index contributed by atoms with van der Waals surface area (Å²) in [7, 11) is -16.9. The van der Waals surface area contributed by atoms with Crippen LogP contribution in [-0.4, -0.2) is 70.2 Å². The van der Waals surface area contributed by atoms with E-state index in [1.165, 1.54) is 13.1 Å². The number of rotatable bonds is 13. The first-order chi connectivity index (χ1) is 16.9. The van der Waals surface area contributed by atoms with E-state index in [0.29, 0.717) is 12.0 Å². The van der Waals surface area contributed by atoms with Gasteiger partial charge in [-0.25, -0.2) is 18.5 Å². The summed E-state index contributed by atoms with van der Waals surface area (Å²) >= 11 is 0. The van der Waals surface area contributed by atoms with Gasteiger partial charge in [-0.05, 0) is 13.3 Å². The Balaban J connectivity index is 2.08. The molecule has 37 heavy (non-hydrogen) atoms. The van der Waals surface area contributed by atoms with E-state index >= 15 is 0 Å². The Hall–Kier alpha value is -1.36. The van der Waals surface area contributed by atoms with Gasteiger partial charge in [0.2, 0.25) is 5.91 Å². The third kappa shape index (κ3) is 9.71. The molecule has 1 saturated heterocycles. The second-order valence-corrected chi connectivity index (χ2v) is 12.3. The average molecular weight is 595 g/mol. The number of anilines is 1. The molecule has 2 unspecified atom stereocenters. The zero-order valence-electron chi connectivity index (χ0n) is 19.5. The molecule has 1 aliphatic rings. The van der Waals surface area contributed by atoms with E-state index < -0.39 is 60.3 Å². The maximum Gasteiger partial charge on any atom is 0.490 e. The van der Waals surface area contributed by atoms with Crippen molar-refractivity contribution in [3.05, 3.63) is 22.2 Å². The topological polar surface area (TPSA) is 273 Å². The minimum atomic E-state index is -5.76. The third-order valence-corrected chi connectivity index (χ3v) is 8.63. The first-order valence-electron chi connectivity index (χ1n) is 10.6. The number of carbonyl (C=O) groups excluding carboxylic acids is 1. The zero-order chi connectivity index (χ0) is 28.2. The molecule has 0 spiro atoms. The zero-order valence-corrected chi connectivity index (χ0v) is 22.2. The number of amides is 1. The van der Waals surface area contributed by atoms with Gasteiger partial charge in [0.05, 0.1) is 6.61 Å². The van der Waals surface area contributed by atoms with Gasteiger partial charge in [-0.15, -0.1) is 0 Å². The number of nitrogens with one attached hydrogen (secondary N) is 1. The Bertz CT molecular complexity index is 1170. The molecule has 21 heteroatoms. The lowest BCUT2D eigenvalue weighted by Crippen LogP contribution is -2.36. The molecule has 2 rings (SSSR count). The van der Waals surface area contributed by atoms with Gasteiger partial charge in [-0.1, -0.05) is 19.8 Å². The highest BCUT2D eigenvalue weighted by atomic mass is 31.3. The van der Waals surface area contributed by atoms with Gasteiger partial charge < -0.3 is 39.8 Å². The first-order valence-corrected chi connectivity index (χ1v) is 15.2. The van der Waals surface area contributed by atoms with Crippen LogP contribution in [0.1, 0.15) is 44.4 Å². The van der Waals surface area contributed by atoms with Gasteiger partial charge in [0.1, 0.15) is 24.1 Å². The highest BCUT2D eigenvalue weighted by molar-refractivity contribution is 7.66.